The molecule has 0 saturated heterocycles. The lowest BCUT2D eigenvalue weighted by Gasteiger charge is -2.26. The second kappa shape index (κ2) is 12.2. The minimum absolute atomic E-state index is 0.00225. The van der Waals surface area contributed by atoms with Gasteiger partial charge in [-0.05, 0) is 65.2 Å². The fourth-order valence-electron chi connectivity index (χ4n) is 4.87. The number of amides is 1. The largest absolute Gasteiger partial charge is 0.490 e. The van der Waals surface area contributed by atoms with E-state index in [2.05, 4.69) is 5.32 Å². The summed E-state index contributed by atoms with van der Waals surface area (Å²) in [6.07, 6.45) is -4.41. The summed E-state index contributed by atoms with van der Waals surface area (Å²) < 4.78 is 73.9. The third-order valence-electron chi connectivity index (χ3n) is 7.00. The molecule has 0 fully saturated rings. The van der Waals surface area contributed by atoms with Crippen LogP contribution in [0.5, 0.6) is 5.75 Å². The van der Waals surface area contributed by atoms with Crippen LogP contribution >= 0.6 is 11.6 Å². The van der Waals surface area contributed by atoms with Gasteiger partial charge < -0.3 is 15.2 Å². The molecule has 0 bridgehead atoms. The predicted octanol–water partition coefficient (Wildman–Crippen LogP) is 6.04. The number of hydrogen-bond donors (Lipinski definition) is 2. The zero-order valence-electron chi connectivity index (χ0n) is 22.7. The number of ether oxygens (including phenoxy) is 1. The van der Waals surface area contributed by atoms with E-state index in [1.165, 1.54) is 54.6 Å². The van der Waals surface area contributed by atoms with Crippen LogP contribution in [0.1, 0.15) is 21.5 Å². The first kappa shape index (κ1) is 30.9. The Bertz CT molecular complexity index is 1830. The average Bonchev–Trinajstić information content (AvgIpc) is 3.40. The van der Waals surface area contributed by atoms with Crippen LogP contribution in [0.2, 0.25) is 5.02 Å². The molecule has 13 heteroatoms. The van der Waals surface area contributed by atoms with Gasteiger partial charge >= 0.3 is 12.1 Å². The molecule has 1 atom stereocenters. The number of anilines is 1. The van der Waals surface area contributed by atoms with Crippen molar-refractivity contribution < 1.29 is 41.0 Å². The van der Waals surface area contributed by atoms with E-state index >= 15 is 0 Å². The number of carboxylic acids is 1. The summed E-state index contributed by atoms with van der Waals surface area (Å²) in [5.41, 5.74) is 0.828. The number of carbonyl (C=O) groups is 2. The molecule has 44 heavy (non-hydrogen) atoms. The number of hydrogen-bond acceptors (Lipinski definition) is 5. The number of nitrogens with zero attached hydrogens (tertiary/aromatic N) is 1. The molecule has 1 heterocycles. The summed E-state index contributed by atoms with van der Waals surface area (Å²) in [6.45, 7) is -0.0242. The molecule has 1 aliphatic heterocycles. The molecule has 4 aromatic carbocycles. The molecular weight excluding hydrogens is 621 g/mol. The van der Waals surface area contributed by atoms with Gasteiger partial charge in [0.1, 0.15) is 18.4 Å². The van der Waals surface area contributed by atoms with Crippen LogP contribution in [0.15, 0.2) is 95.9 Å². The average molecular weight is 645 g/mol. The van der Waals surface area contributed by atoms with Gasteiger partial charge in [0.25, 0.3) is 10.0 Å². The maximum Gasteiger partial charge on any atom is 0.416 e. The highest BCUT2D eigenvalue weighted by Gasteiger charge is 2.42. The van der Waals surface area contributed by atoms with Crippen molar-refractivity contribution in [3.8, 4) is 16.9 Å². The SMILES string of the molecule is O=C(O)c1ccc(OCCNC(=O)[C@@H]2Cc3ccccc3N2S(=O)(=O)c2ccc(-c3cccc(C(F)(F)F)c3)cc2)c(Cl)c1. The van der Waals surface area contributed by atoms with Crippen LogP contribution in [0, 0.1) is 0 Å². The highest BCUT2D eigenvalue weighted by atomic mass is 35.5. The zero-order chi connectivity index (χ0) is 31.6. The van der Waals surface area contributed by atoms with Gasteiger partial charge in [0.05, 0.1) is 33.3 Å². The van der Waals surface area contributed by atoms with Crippen LogP contribution < -0.4 is 14.4 Å². The van der Waals surface area contributed by atoms with Crippen molar-refractivity contribution in [2.45, 2.75) is 23.5 Å². The van der Waals surface area contributed by atoms with Gasteiger partial charge in [-0.25, -0.2) is 13.2 Å². The first-order chi connectivity index (χ1) is 20.9. The molecule has 0 aliphatic carbocycles. The van der Waals surface area contributed by atoms with Gasteiger partial charge in [0.15, 0.2) is 0 Å². The second-order valence-electron chi connectivity index (χ2n) is 9.84. The first-order valence-corrected chi connectivity index (χ1v) is 15.0. The van der Waals surface area contributed by atoms with Gasteiger partial charge in [0.2, 0.25) is 5.91 Å². The van der Waals surface area contributed by atoms with Gasteiger partial charge in [-0.1, -0.05) is 54.1 Å². The number of nitrogens with one attached hydrogen (secondary N) is 1. The summed E-state index contributed by atoms with van der Waals surface area (Å²) in [4.78, 5) is 24.2. The van der Waals surface area contributed by atoms with Gasteiger partial charge in [0, 0.05) is 6.42 Å². The van der Waals surface area contributed by atoms with Gasteiger partial charge in [-0.15, -0.1) is 0 Å². The topological polar surface area (TPSA) is 113 Å². The highest BCUT2D eigenvalue weighted by molar-refractivity contribution is 7.93. The second-order valence-corrected chi connectivity index (χ2v) is 12.1. The van der Waals surface area contributed by atoms with Crippen LogP contribution in [0.4, 0.5) is 18.9 Å². The van der Waals surface area contributed by atoms with Crippen molar-refractivity contribution in [3.63, 3.8) is 0 Å². The van der Waals surface area contributed by atoms with Crippen molar-refractivity contribution in [3.05, 3.63) is 113 Å². The minimum atomic E-state index is -4.52. The zero-order valence-corrected chi connectivity index (χ0v) is 24.3. The van der Waals surface area contributed by atoms with E-state index in [0.717, 1.165) is 16.4 Å². The Hall–Kier alpha value is -4.55. The standard InChI is InChI=1S/C31H24ClF3N2O6S/c32-25-17-22(30(39)40)10-13-28(25)43-15-14-36-29(38)27-18-21-4-1-2-7-26(21)37(27)44(41,42)24-11-8-19(9-12-24)20-5-3-6-23(16-20)31(33,34)35/h1-13,16-17,27H,14-15,18H2,(H,36,38)(H,39,40)/t27-/m0/s1. The van der Waals surface area contributed by atoms with Crippen molar-refractivity contribution >= 4 is 39.2 Å². The summed E-state index contributed by atoms with van der Waals surface area (Å²) in [7, 11) is -4.27. The normalized spacial score (nSPS) is 14.6. The number of sulfonamides is 1. The van der Waals surface area contributed by atoms with E-state index < -0.39 is 39.7 Å². The number of halogens is 4. The summed E-state index contributed by atoms with van der Waals surface area (Å²) >= 11 is 6.07. The molecule has 2 N–H and O–H groups in total. The Morgan fingerprint density at radius 1 is 0.955 bits per heavy atom. The molecule has 8 nitrogen and oxygen atoms in total. The number of carbonyl (C=O) groups excluding carboxylic acids is 1. The molecule has 0 unspecified atom stereocenters. The van der Waals surface area contributed by atoms with E-state index in [9.17, 15) is 31.2 Å². The molecule has 1 amide bonds. The van der Waals surface area contributed by atoms with Crippen molar-refractivity contribution in [2.75, 3.05) is 17.5 Å². The van der Waals surface area contributed by atoms with Crippen LogP contribution in [-0.2, 0) is 27.4 Å². The first-order valence-electron chi connectivity index (χ1n) is 13.2. The van der Waals surface area contributed by atoms with Crippen molar-refractivity contribution in [2.24, 2.45) is 0 Å². The fourth-order valence-corrected chi connectivity index (χ4v) is 6.75. The quantitative estimate of drug-likeness (QED) is 0.215. The summed E-state index contributed by atoms with van der Waals surface area (Å²) in [6, 6.07) is 19.7. The molecule has 4 aromatic rings. The van der Waals surface area contributed by atoms with Gasteiger partial charge in [-0.2, -0.15) is 13.2 Å². The number of para-hydroxylation sites is 1. The van der Waals surface area contributed by atoms with Crippen LogP contribution in [0.3, 0.4) is 0 Å². The van der Waals surface area contributed by atoms with E-state index in [0.29, 0.717) is 16.8 Å². The number of carboxylic acid groups (broad SMARTS) is 1. The van der Waals surface area contributed by atoms with Crippen molar-refractivity contribution in [1.29, 1.82) is 0 Å². The molecule has 1 aliphatic rings. The number of alkyl halides is 3. The Balaban J connectivity index is 1.32. The Kier molecular flexibility index (Phi) is 8.57. The third-order valence-corrected chi connectivity index (χ3v) is 9.13. The lowest BCUT2D eigenvalue weighted by atomic mass is 10.0. The molecule has 228 valence electrons. The lowest BCUT2D eigenvalue weighted by molar-refractivity contribution is -0.137. The molecular formula is C31H24ClF3N2O6S. The molecule has 0 radical (unpaired) electrons. The monoisotopic (exact) mass is 644 g/mol. The maximum absolute atomic E-state index is 13.9. The third kappa shape index (κ3) is 6.36. The highest BCUT2D eigenvalue weighted by Crippen LogP contribution is 2.38. The Morgan fingerprint density at radius 3 is 2.36 bits per heavy atom. The smallest absolute Gasteiger partial charge is 0.416 e. The number of fused-ring (bicyclic) bond motifs is 1. The maximum atomic E-state index is 13.9. The Morgan fingerprint density at radius 2 is 1.68 bits per heavy atom. The summed E-state index contributed by atoms with van der Waals surface area (Å²) in [5, 5.41) is 11.8. The molecule has 0 saturated carbocycles. The fraction of sp³-hybridized carbons (Fsp3) is 0.161. The molecule has 5 rings (SSSR count). The lowest BCUT2D eigenvalue weighted by Crippen LogP contribution is -2.48. The number of aromatic carboxylic acids is 1. The van der Waals surface area contributed by atoms with Crippen LogP contribution in [-0.4, -0.2) is 44.6 Å². The Labute approximate surface area is 255 Å². The van der Waals surface area contributed by atoms with Crippen LogP contribution in [0.25, 0.3) is 11.1 Å². The number of rotatable bonds is 9. The van der Waals surface area contributed by atoms with E-state index in [-0.39, 0.29) is 46.4 Å². The van der Waals surface area contributed by atoms with Crippen molar-refractivity contribution in [1.82, 2.24) is 5.32 Å². The summed E-state index contributed by atoms with van der Waals surface area (Å²) in [5.74, 6) is -1.49. The number of benzene rings is 4. The minimum Gasteiger partial charge on any atom is -0.490 e. The van der Waals surface area contributed by atoms with Gasteiger partial charge in [-0.3, -0.25) is 9.10 Å². The molecule has 0 aromatic heterocycles. The van der Waals surface area contributed by atoms with E-state index in [1.807, 2.05) is 0 Å². The van der Waals surface area contributed by atoms with E-state index in [4.69, 9.17) is 21.4 Å². The molecule has 0 spiro atoms. The van der Waals surface area contributed by atoms with E-state index in [1.54, 1.807) is 24.3 Å². The predicted molar refractivity (Wildman–Crippen MR) is 157 cm³/mol.